The first kappa shape index (κ1) is 17.1. The van der Waals surface area contributed by atoms with E-state index in [9.17, 15) is 0 Å². The molecule has 0 fully saturated rings. The molecule has 2 N–H and O–H groups in total. The van der Waals surface area contributed by atoms with Crippen molar-refractivity contribution in [3.63, 3.8) is 0 Å². The number of fused-ring (bicyclic) bond motifs is 1. The van der Waals surface area contributed by atoms with Crippen LogP contribution in [0.5, 0.6) is 5.75 Å². The third-order valence-electron chi connectivity index (χ3n) is 3.25. The highest BCUT2D eigenvalue weighted by Gasteiger charge is 2.21. The summed E-state index contributed by atoms with van der Waals surface area (Å²) >= 11 is 0. The summed E-state index contributed by atoms with van der Waals surface area (Å²) in [5, 5.41) is 6.70. The molecule has 1 aliphatic rings. The second kappa shape index (κ2) is 8.34. The number of para-hydroxylation sites is 1. The molecule has 0 saturated carbocycles. The lowest BCUT2D eigenvalue weighted by atomic mass is 9.93. The highest BCUT2D eigenvalue weighted by molar-refractivity contribution is 14.0. The molecular formula is C15H24IN3O. The van der Waals surface area contributed by atoms with Crippen molar-refractivity contribution in [2.24, 2.45) is 4.99 Å². The van der Waals surface area contributed by atoms with Crippen LogP contribution in [0.25, 0.3) is 0 Å². The van der Waals surface area contributed by atoms with Crippen molar-refractivity contribution in [1.82, 2.24) is 10.6 Å². The molecule has 1 aromatic carbocycles. The predicted octanol–water partition coefficient (Wildman–Crippen LogP) is 2.74. The van der Waals surface area contributed by atoms with Crippen molar-refractivity contribution in [2.45, 2.75) is 32.2 Å². The molecule has 1 unspecified atom stereocenters. The Hall–Kier alpha value is -0.980. The number of halogens is 1. The number of hydrogen-bond donors (Lipinski definition) is 2. The maximum atomic E-state index is 5.68. The van der Waals surface area contributed by atoms with Gasteiger partial charge in [-0.25, -0.2) is 0 Å². The van der Waals surface area contributed by atoms with Gasteiger partial charge in [-0.15, -0.1) is 24.0 Å². The number of nitrogens with one attached hydrogen (secondary N) is 2. The van der Waals surface area contributed by atoms with E-state index in [2.05, 4.69) is 41.6 Å². The molecule has 112 valence electrons. The quantitative estimate of drug-likeness (QED) is 0.475. The fourth-order valence-corrected chi connectivity index (χ4v) is 2.32. The Morgan fingerprint density at radius 2 is 2.15 bits per heavy atom. The fraction of sp³-hybridized carbons (Fsp3) is 0.533. The van der Waals surface area contributed by atoms with E-state index in [0.717, 1.165) is 31.3 Å². The summed E-state index contributed by atoms with van der Waals surface area (Å²) < 4.78 is 5.68. The Balaban J connectivity index is 0.00000200. The van der Waals surface area contributed by atoms with Crippen LogP contribution in [0.1, 0.15) is 31.7 Å². The topological polar surface area (TPSA) is 45.7 Å². The van der Waals surface area contributed by atoms with Crippen molar-refractivity contribution in [3.8, 4) is 5.75 Å². The van der Waals surface area contributed by atoms with E-state index >= 15 is 0 Å². The van der Waals surface area contributed by atoms with Crippen LogP contribution in [0.4, 0.5) is 0 Å². The molecule has 0 aliphatic carbocycles. The zero-order valence-corrected chi connectivity index (χ0v) is 14.7. The van der Waals surface area contributed by atoms with Gasteiger partial charge in [0.2, 0.25) is 0 Å². The van der Waals surface area contributed by atoms with Gasteiger partial charge >= 0.3 is 0 Å². The van der Waals surface area contributed by atoms with Crippen molar-refractivity contribution < 1.29 is 4.74 Å². The smallest absolute Gasteiger partial charge is 0.191 e. The number of hydrogen-bond acceptors (Lipinski definition) is 2. The number of benzene rings is 1. The monoisotopic (exact) mass is 389 g/mol. The van der Waals surface area contributed by atoms with E-state index in [-0.39, 0.29) is 24.0 Å². The van der Waals surface area contributed by atoms with Gasteiger partial charge in [-0.3, -0.25) is 4.99 Å². The van der Waals surface area contributed by atoms with Gasteiger partial charge in [0, 0.05) is 25.6 Å². The molecule has 1 aromatic rings. The molecule has 0 amide bonds. The normalized spacial score (nSPS) is 17.8. The third kappa shape index (κ3) is 4.54. The minimum absolute atomic E-state index is 0. The highest BCUT2D eigenvalue weighted by atomic mass is 127. The number of rotatable bonds is 3. The summed E-state index contributed by atoms with van der Waals surface area (Å²) in [6, 6.07) is 8.67. The van der Waals surface area contributed by atoms with E-state index in [1.54, 1.807) is 7.05 Å². The van der Waals surface area contributed by atoms with Crippen LogP contribution < -0.4 is 15.4 Å². The summed E-state index contributed by atoms with van der Waals surface area (Å²) in [4.78, 5) is 4.23. The molecule has 20 heavy (non-hydrogen) atoms. The SMILES string of the molecule is CN=C(NCC1CCOc2ccccc21)NC(C)C.I. The molecule has 1 atom stereocenters. The molecule has 0 bridgehead atoms. The highest BCUT2D eigenvalue weighted by Crippen LogP contribution is 2.32. The Morgan fingerprint density at radius 3 is 2.85 bits per heavy atom. The lowest BCUT2D eigenvalue weighted by molar-refractivity contribution is 0.267. The Bertz CT molecular complexity index is 448. The standard InChI is InChI=1S/C15H23N3O.HI/c1-11(2)18-15(16-3)17-10-12-8-9-19-14-7-5-4-6-13(12)14;/h4-7,11-12H,8-10H2,1-3H3,(H2,16,17,18);1H. The Morgan fingerprint density at radius 1 is 1.40 bits per heavy atom. The largest absolute Gasteiger partial charge is 0.493 e. The van der Waals surface area contributed by atoms with Crippen molar-refractivity contribution in [2.75, 3.05) is 20.2 Å². The van der Waals surface area contributed by atoms with Gasteiger partial charge in [-0.2, -0.15) is 0 Å². The third-order valence-corrected chi connectivity index (χ3v) is 3.25. The minimum atomic E-state index is 0. The van der Waals surface area contributed by atoms with Gasteiger partial charge in [0.15, 0.2) is 5.96 Å². The molecule has 5 heteroatoms. The summed E-state index contributed by atoms with van der Waals surface area (Å²) in [6.07, 6.45) is 1.04. The van der Waals surface area contributed by atoms with Crippen molar-refractivity contribution in [3.05, 3.63) is 29.8 Å². The van der Waals surface area contributed by atoms with Gasteiger partial charge in [-0.05, 0) is 31.9 Å². The van der Waals surface area contributed by atoms with Crippen LogP contribution in [-0.2, 0) is 0 Å². The number of guanidine groups is 1. The van der Waals surface area contributed by atoms with Crippen LogP contribution in [0.2, 0.25) is 0 Å². The molecule has 1 aliphatic heterocycles. The first-order valence-electron chi connectivity index (χ1n) is 6.89. The maximum Gasteiger partial charge on any atom is 0.191 e. The minimum Gasteiger partial charge on any atom is -0.493 e. The lowest BCUT2D eigenvalue weighted by Gasteiger charge is -2.27. The number of aliphatic imine (C=N–C) groups is 1. The first-order valence-corrected chi connectivity index (χ1v) is 6.89. The average Bonchev–Trinajstić information content (AvgIpc) is 2.43. The van der Waals surface area contributed by atoms with E-state index < -0.39 is 0 Å². The van der Waals surface area contributed by atoms with Crippen LogP contribution >= 0.6 is 24.0 Å². The molecular weight excluding hydrogens is 365 g/mol. The summed E-state index contributed by atoms with van der Waals surface area (Å²) in [7, 11) is 1.80. The van der Waals surface area contributed by atoms with E-state index in [1.807, 2.05) is 12.1 Å². The van der Waals surface area contributed by atoms with Crippen molar-refractivity contribution in [1.29, 1.82) is 0 Å². The summed E-state index contributed by atoms with van der Waals surface area (Å²) in [6.45, 7) is 5.89. The summed E-state index contributed by atoms with van der Waals surface area (Å²) in [5.74, 6) is 2.36. The van der Waals surface area contributed by atoms with E-state index in [4.69, 9.17) is 4.74 Å². The Labute approximate surface area is 138 Å². The summed E-state index contributed by atoms with van der Waals surface area (Å²) in [5.41, 5.74) is 1.29. The Kier molecular flexibility index (Phi) is 7.12. The van der Waals surface area contributed by atoms with Crippen LogP contribution in [0, 0.1) is 0 Å². The number of nitrogens with zero attached hydrogens (tertiary/aromatic N) is 1. The zero-order valence-electron chi connectivity index (χ0n) is 12.3. The van der Waals surface area contributed by atoms with Crippen molar-refractivity contribution >= 4 is 29.9 Å². The molecule has 0 spiro atoms. The molecule has 1 heterocycles. The predicted molar refractivity (Wildman–Crippen MR) is 94.3 cm³/mol. The zero-order chi connectivity index (χ0) is 13.7. The second-order valence-electron chi connectivity index (χ2n) is 5.12. The molecule has 4 nitrogen and oxygen atoms in total. The lowest BCUT2D eigenvalue weighted by Crippen LogP contribution is -2.43. The second-order valence-corrected chi connectivity index (χ2v) is 5.12. The van der Waals surface area contributed by atoms with Gasteiger partial charge in [0.25, 0.3) is 0 Å². The number of ether oxygens (including phenoxy) is 1. The van der Waals surface area contributed by atoms with E-state index in [0.29, 0.717) is 12.0 Å². The molecule has 0 saturated heterocycles. The molecule has 2 rings (SSSR count). The maximum absolute atomic E-state index is 5.68. The van der Waals surface area contributed by atoms with E-state index in [1.165, 1.54) is 5.56 Å². The van der Waals surface area contributed by atoms with Gasteiger partial charge in [-0.1, -0.05) is 18.2 Å². The van der Waals surface area contributed by atoms with Gasteiger partial charge < -0.3 is 15.4 Å². The molecule has 0 radical (unpaired) electrons. The fourth-order valence-electron chi connectivity index (χ4n) is 2.32. The molecule has 0 aromatic heterocycles. The first-order chi connectivity index (χ1) is 9.20. The van der Waals surface area contributed by atoms with Crippen LogP contribution in [0.3, 0.4) is 0 Å². The van der Waals surface area contributed by atoms with Crippen LogP contribution in [0.15, 0.2) is 29.3 Å². The van der Waals surface area contributed by atoms with Gasteiger partial charge in [0.1, 0.15) is 5.75 Å². The average molecular weight is 389 g/mol. The van der Waals surface area contributed by atoms with Crippen LogP contribution in [-0.4, -0.2) is 32.2 Å². The van der Waals surface area contributed by atoms with Gasteiger partial charge in [0.05, 0.1) is 6.61 Å².